The minimum atomic E-state index is -1.68. The van der Waals surface area contributed by atoms with Crippen molar-refractivity contribution in [3.63, 3.8) is 0 Å². The van der Waals surface area contributed by atoms with Gasteiger partial charge >= 0.3 is 11.9 Å². The Kier molecular flexibility index (Phi) is 13.3. The molecule has 0 spiro atoms. The number of benzene rings is 1. The van der Waals surface area contributed by atoms with E-state index in [-0.39, 0.29) is 41.4 Å². The molecule has 1 aliphatic heterocycles. The summed E-state index contributed by atoms with van der Waals surface area (Å²) in [5.74, 6) is -1.55. The molecule has 0 radical (unpaired) electrons. The van der Waals surface area contributed by atoms with Crippen LogP contribution in [0.2, 0.25) is 0 Å². The molecule has 2 aliphatic rings. The molecule has 1 aliphatic carbocycles. The van der Waals surface area contributed by atoms with Crippen molar-refractivity contribution in [1.29, 1.82) is 0 Å². The second-order valence-electron chi connectivity index (χ2n) is 10.0. The zero-order valence-electron chi connectivity index (χ0n) is 21.2. The van der Waals surface area contributed by atoms with Crippen LogP contribution in [-0.4, -0.2) is 43.3 Å². The highest BCUT2D eigenvalue weighted by atomic mass is 79.9. The van der Waals surface area contributed by atoms with Crippen molar-refractivity contribution < 1.29 is 24.2 Å². The molecule has 3 unspecified atom stereocenters. The first-order valence-corrected chi connectivity index (χ1v) is 13.4. The summed E-state index contributed by atoms with van der Waals surface area (Å²) in [6.45, 7) is 4.10. The van der Waals surface area contributed by atoms with Gasteiger partial charge in [0.05, 0.1) is 12.5 Å². The maximum Gasteiger partial charge on any atom is 0.343 e. The van der Waals surface area contributed by atoms with Gasteiger partial charge in [-0.2, -0.15) is 0 Å². The quantitative estimate of drug-likeness (QED) is 0.239. The standard InChI is InChI=1S/C28H43NO5.BrH/c1-2-3-4-5-6-12-19-33-26(30)25(22-17-18-29-20-22)21-34-27(31)28(32,24-15-10-11-16-24)23-13-8-7-9-14-23;/h7-9,13-14,22,24-25,29,32H,2-6,10-12,15-21H2,1H3;1H. The number of halogens is 1. The molecule has 198 valence electrons. The highest BCUT2D eigenvalue weighted by Gasteiger charge is 2.48. The number of ether oxygens (including phenoxy) is 2. The Hall–Kier alpha value is -1.44. The lowest BCUT2D eigenvalue weighted by molar-refractivity contribution is -0.178. The number of nitrogens with one attached hydrogen (secondary N) is 1. The smallest absolute Gasteiger partial charge is 0.343 e. The van der Waals surface area contributed by atoms with Crippen LogP contribution in [0.1, 0.15) is 83.1 Å². The van der Waals surface area contributed by atoms with E-state index in [0.717, 1.165) is 57.9 Å². The van der Waals surface area contributed by atoms with Crippen LogP contribution in [0.5, 0.6) is 0 Å². The molecule has 0 aromatic heterocycles. The zero-order chi connectivity index (χ0) is 24.2. The van der Waals surface area contributed by atoms with E-state index in [4.69, 9.17) is 9.47 Å². The first-order valence-electron chi connectivity index (χ1n) is 13.4. The van der Waals surface area contributed by atoms with Crippen molar-refractivity contribution in [3.8, 4) is 0 Å². The van der Waals surface area contributed by atoms with Gasteiger partial charge < -0.3 is 19.9 Å². The van der Waals surface area contributed by atoms with Gasteiger partial charge in [0.25, 0.3) is 0 Å². The van der Waals surface area contributed by atoms with Gasteiger partial charge in [0.15, 0.2) is 5.60 Å². The summed E-state index contributed by atoms with van der Waals surface area (Å²) in [6.07, 6.45) is 11.2. The molecule has 2 fully saturated rings. The number of hydrogen-bond acceptors (Lipinski definition) is 6. The van der Waals surface area contributed by atoms with Crippen molar-refractivity contribution >= 4 is 28.9 Å². The highest BCUT2D eigenvalue weighted by Crippen LogP contribution is 2.41. The lowest BCUT2D eigenvalue weighted by atomic mass is 9.80. The number of aliphatic hydroxyl groups is 1. The largest absolute Gasteiger partial charge is 0.465 e. The van der Waals surface area contributed by atoms with Crippen LogP contribution >= 0.6 is 17.0 Å². The SMILES string of the molecule is Br.CCCCCCCCOC(=O)C(COC(=O)C(O)(c1ccccc1)C1CCCC1)C1CCNC1. The van der Waals surface area contributed by atoms with E-state index in [9.17, 15) is 14.7 Å². The Bertz CT molecular complexity index is 749. The van der Waals surface area contributed by atoms with Gasteiger partial charge in [-0.05, 0) is 50.3 Å². The molecule has 1 heterocycles. The highest BCUT2D eigenvalue weighted by molar-refractivity contribution is 8.93. The number of unbranched alkanes of at least 4 members (excludes halogenated alkanes) is 5. The second-order valence-corrected chi connectivity index (χ2v) is 10.0. The summed E-state index contributed by atoms with van der Waals surface area (Å²) < 4.78 is 11.3. The molecular formula is C28H44BrNO5. The predicted molar refractivity (Wildman–Crippen MR) is 142 cm³/mol. The van der Waals surface area contributed by atoms with Gasteiger partial charge in [0.2, 0.25) is 0 Å². The van der Waals surface area contributed by atoms with Crippen LogP contribution in [0, 0.1) is 17.8 Å². The molecule has 1 saturated carbocycles. The van der Waals surface area contributed by atoms with Gasteiger partial charge in [-0.3, -0.25) is 4.79 Å². The molecule has 1 aromatic rings. The Morgan fingerprint density at radius 3 is 2.37 bits per heavy atom. The normalized spacial score (nSPS) is 20.6. The van der Waals surface area contributed by atoms with Crippen LogP contribution < -0.4 is 5.32 Å². The van der Waals surface area contributed by atoms with Crippen LogP contribution in [0.15, 0.2) is 30.3 Å². The van der Waals surface area contributed by atoms with Crippen LogP contribution in [0.25, 0.3) is 0 Å². The zero-order valence-corrected chi connectivity index (χ0v) is 22.9. The first-order chi connectivity index (χ1) is 16.6. The van der Waals surface area contributed by atoms with Crippen molar-refractivity contribution in [1.82, 2.24) is 5.32 Å². The molecular weight excluding hydrogens is 510 g/mol. The monoisotopic (exact) mass is 553 g/mol. The molecule has 1 saturated heterocycles. The van der Waals surface area contributed by atoms with E-state index in [2.05, 4.69) is 12.2 Å². The van der Waals surface area contributed by atoms with E-state index >= 15 is 0 Å². The third kappa shape index (κ3) is 8.29. The van der Waals surface area contributed by atoms with Gasteiger partial charge in [0, 0.05) is 5.92 Å². The number of carbonyl (C=O) groups is 2. The Labute approximate surface area is 221 Å². The van der Waals surface area contributed by atoms with E-state index in [1.165, 1.54) is 19.3 Å². The van der Waals surface area contributed by atoms with E-state index < -0.39 is 17.5 Å². The lowest BCUT2D eigenvalue weighted by Gasteiger charge is -2.33. The Morgan fingerprint density at radius 1 is 1.03 bits per heavy atom. The number of rotatable bonds is 14. The van der Waals surface area contributed by atoms with Crippen LogP contribution in [0.4, 0.5) is 0 Å². The third-order valence-electron chi connectivity index (χ3n) is 7.58. The molecule has 2 N–H and O–H groups in total. The van der Waals surface area contributed by atoms with Gasteiger partial charge in [-0.25, -0.2) is 4.79 Å². The number of carbonyl (C=O) groups excluding carboxylic acids is 2. The molecule has 1 aromatic carbocycles. The number of hydrogen-bond donors (Lipinski definition) is 2. The fourth-order valence-electron chi connectivity index (χ4n) is 5.41. The Morgan fingerprint density at radius 2 is 1.71 bits per heavy atom. The second kappa shape index (κ2) is 15.6. The van der Waals surface area contributed by atoms with Crippen molar-refractivity contribution in [2.75, 3.05) is 26.3 Å². The molecule has 7 heteroatoms. The summed E-state index contributed by atoms with van der Waals surface area (Å²) in [7, 11) is 0. The molecule has 35 heavy (non-hydrogen) atoms. The van der Waals surface area contributed by atoms with E-state index in [0.29, 0.717) is 18.7 Å². The lowest BCUT2D eigenvalue weighted by Crippen LogP contribution is -2.45. The van der Waals surface area contributed by atoms with E-state index in [1.54, 1.807) is 12.1 Å². The molecule has 0 bridgehead atoms. The summed E-state index contributed by atoms with van der Waals surface area (Å²) in [4.78, 5) is 26.3. The Balaban J connectivity index is 0.00000432. The summed E-state index contributed by atoms with van der Waals surface area (Å²) in [5.41, 5.74) is -1.12. The summed E-state index contributed by atoms with van der Waals surface area (Å²) in [5, 5.41) is 14.9. The minimum absolute atomic E-state index is 0. The molecule has 6 nitrogen and oxygen atoms in total. The van der Waals surface area contributed by atoms with Crippen LogP contribution in [-0.2, 0) is 24.7 Å². The molecule has 0 amide bonds. The van der Waals surface area contributed by atoms with Crippen LogP contribution in [0.3, 0.4) is 0 Å². The fraction of sp³-hybridized carbons (Fsp3) is 0.714. The summed E-state index contributed by atoms with van der Waals surface area (Å²) in [6, 6.07) is 9.09. The maximum absolute atomic E-state index is 13.3. The molecule has 3 atom stereocenters. The topological polar surface area (TPSA) is 84.9 Å². The van der Waals surface area contributed by atoms with Crippen molar-refractivity contribution in [2.45, 2.75) is 83.2 Å². The predicted octanol–water partition coefficient (Wildman–Crippen LogP) is 5.31. The fourth-order valence-corrected chi connectivity index (χ4v) is 5.41. The van der Waals surface area contributed by atoms with Gasteiger partial charge in [-0.1, -0.05) is 82.2 Å². The minimum Gasteiger partial charge on any atom is -0.465 e. The van der Waals surface area contributed by atoms with Gasteiger partial charge in [-0.15, -0.1) is 17.0 Å². The van der Waals surface area contributed by atoms with E-state index in [1.807, 2.05) is 18.2 Å². The first kappa shape index (κ1) is 29.8. The van der Waals surface area contributed by atoms with Crippen molar-refractivity contribution in [3.05, 3.63) is 35.9 Å². The summed E-state index contributed by atoms with van der Waals surface area (Å²) >= 11 is 0. The molecule has 3 rings (SSSR count). The maximum atomic E-state index is 13.3. The number of esters is 2. The third-order valence-corrected chi connectivity index (χ3v) is 7.58. The van der Waals surface area contributed by atoms with Gasteiger partial charge in [0.1, 0.15) is 6.61 Å². The average molecular weight is 555 g/mol. The van der Waals surface area contributed by atoms with Crippen molar-refractivity contribution in [2.24, 2.45) is 17.8 Å². The average Bonchev–Trinajstić information content (AvgIpc) is 3.59.